The van der Waals surface area contributed by atoms with E-state index in [0.717, 1.165) is 30.3 Å². The van der Waals surface area contributed by atoms with Gasteiger partial charge in [0.2, 0.25) is 0 Å². The molecule has 1 aliphatic heterocycles. The first-order valence-corrected chi connectivity index (χ1v) is 7.92. The minimum Gasteiger partial charge on any atom is -0.383 e. The Labute approximate surface area is 131 Å². The number of rotatable bonds is 4. The lowest BCUT2D eigenvalue weighted by molar-refractivity contribution is 0.535. The monoisotopic (exact) mass is 300 g/mol. The van der Waals surface area contributed by atoms with Crippen LogP contribution in [-0.2, 0) is 6.42 Å². The van der Waals surface area contributed by atoms with E-state index >= 15 is 0 Å². The molecule has 0 fully saturated rings. The Hall–Kier alpha value is -1.67. The summed E-state index contributed by atoms with van der Waals surface area (Å²) in [6.07, 6.45) is 1.19. The molecule has 21 heavy (non-hydrogen) atoms. The van der Waals surface area contributed by atoms with Crippen molar-refractivity contribution in [2.45, 2.75) is 13.3 Å². The van der Waals surface area contributed by atoms with E-state index in [0.29, 0.717) is 5.92 Å². The maximum absolute atomic E-state index is 6.01. The Kier molecular flexibility index (Phi) is 4.35. The van der Waals surface area contributed by atoms with Gasteiger partial charge in [0.05, 0.1) is 0 Å². The number of fused-ring (bicyclic) bond motifs is 1. The third-order valence-electron chi connectivity index (χ3n) is 3.97. The maximum atomic E-state index is 6.01. The van der Waals surface area contributed by atoms with Gasteiger partial charge in [-0.3, -0.25) is 0 Å². The van der Waals surface area contributed by atoms with E-state index in [2.05, 4.69) is 47.5 Å². The normalized spacial score (nSPS) is 17.4. The zero-order valence-corrected chi connectivity index (χ0v) is 13.1. The van der Waals surface area contributed by atoms with Crippen molar-refractivity contribution in [2.75, 3.05) is 29.9 Å². The van der Waals surface area contributed by atoms with Crippen LogP contribution in [-0.4, -0.2) is 19.6 Å². The van der Waals surface area contributed by atoms with Crippen LogP contribution in [0.2, 0.25) is 5.02 Å². The second-order valence-electron chi connectivity index (χ2n) is 5.82. The molecule has 0 saturated heterocycles. The van der Waals surface area contributed by atoms with Crippen LogP contribution in [0.3, 0.4) is 0 Å². The molecule has 0 bridgehead atoms. The molecule has 1 N–H and O–H groups in total. The number of nitrogens with zero attached hydrogens (tertiary/aromatic N) is 1. The summed E-state index contributed by atoms with van der Waals surface area (Å²) in [4.78, 5) is 2.49. The van der Waals surface area contributed by atoms with Crippen molar-refractivity contribution < 1.29 is 0 Å². The molecular formula is C18H21ClN2. The predicted octanol–water partition coefficient (Wildman–Crippen LogP) is 4.45. The molecule has 1 heterocycles. The molecular weight excluding hydrogens is 280 g/mol. The molecule has 0 aromatic heterocycles. The average molecular weight is 301 g/mol. The van der Waals surface area contributed by atoms with Gasteiger partial charge >= 0.3 is 0 Å². The minimum absolute atomic E-state index is 0.714. The zero-order chi connectivity index (χ0) is 14.7. The third kappa shape index (κ3) is 3.51. The Morgan fingerprint density at radius 1 is 1.19 bits per heavy atom. The van der Waals surface area contributed by atoms with E-state index in [1.807, 2.05) is 18.2 Å². The van der Waals surface area contributed by atoms with Crippen molar-refractivity contribution in [3.8, 4) is 0 Å². The highest BCUT2D eigenvalue weighted by atomic mass is 35.5. The first-order valence-electron chi connectivity index (χ1n) is 7.54. The molecule has 3 rings (SSSR count). The first-order chi connectivity index (χ1) is 10.2. The van der Waals surface area contributed by atoms with Crippen LogP contribution in [0.4, 0.5) is 11.4 Å². The van der Waals surface area contributed by atoms with Crippen LogP contribution in [0.5, 0.6) is 0 Å². The minimum atomic E-state index is 0.714. The van der Waals surface area contributed by atoms with Gasteiger partial charge in [-0.25, -0.2) is 0 Å². The molecule has 1 aliphatic rings. The molecule has 1 atom stereocenters. The molecule has 0 aliphatic carbocycles. The summed E-state index contributed by atoms with van der Waals surface area (Å²) in [6.45, 7) is 5.39. The number of benzene rings is 2. The van der Waals surface area contributed by atoms with Gasteiger partial charge < -0.3 is 10.2 Å². The Morgan fingerprint density at radius 3 is 2.90 bits per heavy atom. The van der Waals surface area contributed by atoms with E-state index < -0.39 is 0 Å². The topological polar surface area (TPSA) is 15.3 Å². The van der Waals surface area contributed by atoms with Crippen LogP contribution in [0.1, 0.15) is 12.5 Å². The molecule has 0 radical (unpaired) electrons. The quantitative estimate of drug-likeness (QED) is 0.897. The maximum Gasteiger partial charge on any atom is 0.0426 e. The average Bonchev–Trinajstić information content (AvgIpc) is 2.47. The Balaban J connectivity index is 1.63. The second-order valence-corrected chi connectivity index (χ2v) is 6.26. The largest absolute Gasteiger partial charge is 0.383 e. The van der Waals surface area contributed by atoms with Crippen LogP contribution in [0.15, 0.2) is 48.5 Å². The first kappa shape index (κ1) is 14.3. The highest BCUT2D eigenvalue weighted by molar-refractivity contribution is 6.30. The van der Waals surface area contributed by atoms with Crippen molar-refractivity contribution >= 4 is 23.0 Å². The molecule has 110 valence electrons. The van der Waals surface area contributed by atoms with Crippen LogP contribution in [0.25, 0.3) is 0 Å². The summed E-state index contributed by atoms with van der Waals surface area (Å²) in [5, 5.41) is 4.23. The number of halogens is 1. The molecule has 0 amide bonds. The van der Waals surface area contributed by atoms with E-state index in [1.54, 1.807) is 0 Å². The van der Waals surface area contributed by atoms with Crippen molar-refractivity contribution in [3.63, 3.8) is 0 Å². The van der Waals surface area contributed by atoms with Crippen molar-refractivity contribution in [2.24, 2.45) is 5.92 Å². The summed E-state index contributed by atoms with van der Waals surface area (Å²) in [7, 11) is 0. The van der Waals surface area contributed by atoms with E-state index in [9.17, 15) is 0 Å². The SMILES string of the molecule is CC1Cc2ccccc2N(CCNc2cccc(Cl)c2)C1. The van der Waals surface area contributed by atoms with Crippen LogP contribution < -0.4 is 10.2 Å². The third-order valence-corrected chi connectivity index (χ3v) is 4.20. The molecule has 2 aromatic carbocycles. The van der Waals surface area contributed by atoms with Gasteiger partial charge in [-0.15, -0.1) is 0 Å². The molecule has 0 spiro atoms. The van der Waals surface area contributed by atoms with Crippen molar-refractivity contribution in [1.29, 1.82) is 0 Å². The van der Waals surface area contributed by atoms with E-state index in [4.69, 9.17) is 11.6 Å². The lowest BCUT2D eigenvalue weighted by atomic mass is 9.94. The number of anilines is 2. The highest BCUT2D eigenvalue weighted by Crippen LogP contribution is 2.29. The van der Waals surface area contributed by atoms with E-state index in [1.165, 1.54) is 17.7 Å². The smallest absolute Gasteiger partial charge is 0.0426 e. The van der Waals surface area contributed by atoms with Gasteiger partial charge in [0.1, 0.15) is 0 Å². The van der Waals surface area contributed by atoms with Gasteiger partial charge in [0.25, 0.3) is 0 Å². The fourth-order valence-electron chi connectivity index (χ4n) is 3.05. The van der Waals surface area contributed by atoms with Gasteiger partial charge in [0.15, 0.2) is 0 Å². The number of hydrogen-bond acceptors (Lipinski definition) is 2. The molecule has 2 nitrogen and oxygen atoms in total. The molecule has 2 aromatic rings. The highest BCUT2D eigenvalue weighted by Gasteiger charge is 2.20. The lowest BCUT2D eigenvalue weighted by Crippen LogP contribution is -2.37. The van der Waals surface area contributed by atoms with Gasteiger partial charge in [-0.2, -0.15) is 0 Å². The van der Waals surface area contributed by atoms with Crippen LogP contribution >= 0.6 is 11.6 Å². The Morgan fingerprint density at radius 2 is 2.05 bits per heavy atom. The number of nitrogens with one attached hydrogen (secondary N) is 1. The number of para-hydroxylation sites is 1. The van der Waals surface area contributed by atoms with Crippen molar-refractivity contribution in [1.82, 2.24) is 0 Å². The van der Waals surface area contributed by atoms with Crippen molar-refractivity contribution in [3.05, 3.63) is 59.1 Å². The number of hydrogen-bond donors (Lipinski definition) is 1. The summed E-state index contributed by atoms with van der Waals surface area (Å²) in [5.74, 6) is 0.714. The fourth-order valence-corrected chi connectivity index (χ4v) is 3.24. The van der Waals surface area contributed by atoms with E-state index in [-0.39, 0.29) is 0 Å². The predicted molar refractivity (Wildman–Crippen MR) is 91.5 cm³/mol. The van der Waals surface area contributed by atoms with Crippen LogP contribution in [0, 0.1) is 5.92 Å². The fraction of sp³-hybridized carbons (Fsp3) is 0.333. The zero-order valence-electron chi connectivity index (χ0n) is 12.3. The molecule has 1 unspecified atom stereocenters. The summed E-state index contributed by atoms with van der Waals surface area (Å²) in [5.41, 5.74) is 3.95. The van der Waals surface area contributed by atoms with Gasteiger partial charge in [-0.1, -0.05) is 42.8 Å². The summed E-state index contributed by atoms with van der Waals surface area (Å²) >= 11 is 6.01. The van der Waals surface area contributed by atoms with Gasteiger partial charge in [-0.05, 0) is 42.2 Å². The standard InChI is InChI=1S/C18H21ClN2/c1-14-11-15-5-2-3-8-18(15)21(13-14)10-9-20-17-7-4-6-16(19)12-17/h2-8,12,14,20H,9-11,13H2,1H3. The Bertz CT molecular complexity index is 612. The summed E-state index contributed by atoms with van der Waals surface area (Å²) < 4.78 is 0. The second kappa shape index (κ2) is 6.40. The lowest BCUT2D eigenvalue weighted by Gasteiger charge is -2.35. The summed E-state index contributed by atoms with van der Waals surface area (Å²) in [6, 6.07) is 16.7. The van der Waals surface area contributed by atoms with Gasteiger partial charge in [0, 0.05) is 36.0 Å². The molecule has 0 saturated carbocycles. The molecule has 3 heteroatoms.